The van der Waals surface area contributed by atoms with Gasteiger partial charge in [-0.1, -0.05) is 38.1 Å². The molecule has 1 aromatic carbocycles. The monoisotopic (exact) mass is 291 g/mol. The summed E-state index contributed by atoms with van der Waals surface area (Å²) >= 11 is 0. The predicted octanol–water partition coefficient (Wildman–Crippen LogP) is 2.35. The van der Waals surface area contributed by atoms with Crippen LogP contribution in [-0.4, -0.2) is 29.9 Å². The molecule has 116 valence electrons. The molecule has 1 amide bonds. The van der Waals surface area contributed by atoms with E-state index in [1.54, 1.807) is 0 Å². The highest BCUT2D eigenvalue weighted by Crippen LogP contribution is 2.11. The molecular formula is C17H25NO3. The fourth-order valence-electron chi connectivity index (χ4n) is 2.06. The molecule has 0 atom stereocenters. The van der Waals surface area contributed by atoms with Crippen molar-refractivity contribution in [2.24, 2.45) is 5.92 Å². The number of carbonyl (C=O) groups is 2. The molecule has 2 N–H and O–H groups in total. The fraction of sp³-hybridized carbons (Fsp3) is 0.529. The van der Waals surface area contributed by atoms with Gasteiger partial charge in [0.05, 0.1) is 0 Å². The van der Waals surface area contributed by atoms with E-state index in [9.17, 15) is 9.59 Å². The van der Waals surface area contributed by atoms with Crippen molar-refractivity contribution in [3.63, 3.8) is 0 Å². The minimum Gasteiger partial charge on any atom is -0.396 e. The standard InChI is InChI=1S/C17H25NO3/c1-13(2)12-14-4-6-15(7-5-14)16(20)8-9-17(21)18-10-3-11-19/h4-7,13,19H,3,8-12H2,1-2H3,(H,18,21). The summed E-state index contributed by atoms with van der Waals surface area (Å²) in [6.45, 7) is 4.83. The van der Waals surface area contributed by atoms with E-state index in [-0.39, 0.29) is 31.1 Å². The molecule has 4 nitrogen and oxygen atoms in total. The number of benzene rings is 1. The second kappa shape index (κ2) is 9.29. The molecular weight excluding hydrogens is 266 g/mol. The molecule has 0 fully saturated rings. The lowest BCUT2D eigenvalue weighted by molar-refractivity contribution is -0.121. The normalized spacial score (nSPS) is 10.7. The zero-order chi connectivity index (χ0) is 15.7. The SMILES string of the molecule is CC(C)Cc1ccc(C(=O)CCC(=O)NCCCO)cc1. The summed E-state index contributed by atoms with van der Waals surface area (Å²) in [6.07, 6.45) is 1.95. The van der Waals surface area contributed by atoms with Gasteiger partial charge in [0, 0.05) is 31.6 Å². The Morgan fingerprint density at radius 2 is 1.81 bits per heavy atom. The van der Waals surface area contributed by atoms with Gasteiger partial charge in [-0.15, -0.1) is 0 Å². The average molecular weight is 291 g/mol. The molecule has 0 spiro atoms. The first kappa shape index (κ1) is 17.4. The number of Topliss-reactive ketones (excluding diaryl/α,β-unsaturated/α-hetero) is 1. The van der Waals surface area contributed by atoms with Gasteiger partial charge in [0.2, 0.25) is 5.91 Å². The Balaban J connectivity index is 2.39. The molecule has 0 aromatic heterocycles. The van der Waals surface area contributed by atoms with Crippen molar-refractivity contribution in [2.45, 2.75) is 39.5 Å². The van der Waals surface area contributed by atoms with E-state index in [0.29, 0.717) is 24.4 Å². The van der Waals surface area contributed by atoms with Gasteiger partial charge in [0.1, 0.15) is 0 Å². The number of aliphatic hydroxyl groups excluding tert-OH is 1. The minimum atomic E-state index is -0.145. The molecule has 0 radical (unpaired) electrons. The summed E-state index contributed by atoms with van der Waals surface area (Å²) in [7, 11) is 0. The second-order valence-corrected chi connectivity index (χ2v) is 5.65. The molecule has 0 unspecified atom stereocenters. The summed E-state index contributed by atoms with van der Waals surface area (Å²) < 4.78 is 0. The molecule has 0 bridgehead atoms. The molecule has 1 rings (SSSR count). The van der Waals surface area contributed by atoms with Gasteiger partial charge in [-0.25, -0.2) is 0 Å². The molecule has 4 heteroatoms. The van der Waals surface area contributed by atoms with Gasteiger partial charge in [-0.05, 0) is 24.3 Å². The largest absolute Gasteiger partial charge is 0.396 e. The summed E-state index contributed by atoms with van der Waals surface area (Å²) in [4.78, 5) is 23.5. The van der Waals surface area contributed by atoms with Gasteiger partial charge in [-0.3, -0.25) is 9.59 Å². The summed E-state index contributed by atoms with van der Waals surface area (Å²) in [5.74, 6) is 0.436. The highest BCUT2D eigenvalue weighted by atomic mass is 16.3. The summed E-state index contributed by atoms with van der Waals surface area (Å²) in [5.41, 5.74) is 1.88. The van der Waals surface area contributed by atoms with E-state index in [1.165, 1.54) is 5.56 Å². The number of hydrogen-bond acceptors (Lipinski definition) is 3. The van der Waals surface area contributed by atoms with Crippen molar-refractivity contribution >= 4 is 11.7 Å². The molecule has 0 aliphatic heterocycles. The van der Waals surface area contributed by atoms with E-state index in [4.69, 9.17) is 5.11 Å². The van der Waals surface area contributed by atoms with E-state index < -0.39 is 0 Å². The van der Waals surface area contributed by atoms with Crippen LogP contribution >= 0.6 is 0 Å². The molecule has 0 aliphatic carbocycles. The highest BCUT2D eigenvalue weighted by Gasteiger charge is 2.09. The first-order valence-corrected chi connectivity index (χ1v) is 7.52. The summed E-state index contributed by atoms with van der Waals surface area (Å²) in [6, 6.07) is 7.64. The van der Waals surface area contributed by atoms with Crippen molar-refractivity contribution in [1.29, 1.82) is 0 Å². The van der Waals surface area contributed by atoms with Crippen LogP contribution < -0.4 is 5.32 Å². The lowest BCUT2D eigenvalue weighted by atomic mass is 9.99. The van der Waals surface area contributed by atoms with Crippen molar-refractivity contribution < 1.29 is 14.7 Å². The van der Waals surface area contributed by atoms with Crippen LogP contribution in [0.25, 0.3) is 0 Å². The van der Waals surface area contributed by atoms with Gasteiger partial charge < -0.3 is 10.4 Å². The third-order valence-corrected chi connectivity index (χ3v) is 3.16. The van der Waals surface area contributed by atoms with Crippen molar-refractivity contribution in [3.05, 3.63) is 35.4 Å². The highest BCUT2D eigenvalue weighted by molar-refractivity contribution is 5.97. The topological polar surface area (TPSA) is 66.4 Å². The Kier molecular flexibility index (Phi) is 7.69. The molecule has 0 heterocycles. The molecule has 0 saturated carbocycles. The third-order valence-electron chi connectivity index (χ3n) is 3.16. The van der Waals surface area contributed by atoms with E-state index >= 15 is 0 Å². The minimum absolute atomic E-state index is 0.0107. The van der Waals surface area contributed by atoms with Crippen molar-refractivity contribution in [2.75, 3.05) is 13.2 Å². The Hall–Kier alpha value is -1.68. The zero-order valence-electron chi connectivity index (χ0n) is 12.9. The van der Waals surface area contributed by atoms with Gasteiger partial charge in [0.25, 0.3) is 0 Å². The number of nitrogens with one attached hydrogen (secondary N) is 1. The van der Waals surface area contributed by atoms with Crippen molar-refractivity contribution in [1.82, 2.24) is 5.32 Å². The van der Waals surface area contributed by atoms with Crippen LogP contribution in [0.15, 0.2) is 24.3 Å². The quantitative estimate of drug-likeness (QED) is 0.542. The van der Waals surface area contributed by atoms with Crippen LogP contribution in [0.3, 0.4) is 0 Å². The number of ketones is 1. The first-order valence-electron chi connectivity index (χ1n) is 7.52. The van der Waals surface area contributed by atoms with E-state index in [0.717, 1.165) is 6.42 Å². The maximum Gasteiger partial charge on any atom is 0.220 e. The predicted molar refractivity (Wildman–Crippen MR) is 83.3 cm³/mol. The van der Waals surface area contributed by atoms with Gasteiger partial charge in [-0.2, -0.15) is 0 Å². The Morgan fingerprint density at radius 3 is 2.38 bits per heavy atom. The fourth-order valence-corrected chi connectivity index (χ4v) is 2.06. The lowest BCUT2D eigenvalue weighted by Gasteiger charge is -2.06. The van der Waals surface area contributed by atoms with Crippen LogP contribution in [0.2, 0.25) is 0 Å². The summed E-state index contributed by atoms with van der Waals surface area (Å²) in [5, 5.41) is 11.3. The Morgan fingerprint density at radius 1 is 1.14 bits per heavy atom. The van der Waals surface area contributed by atoms with Crippen LogP contribution in [0.1, 0.15) is 49.0 Å². The van der Waals surface area contributed by atoms with Crippen LogP contribution in [-0.2, 0) is 11.2 Å². The average Bonchev–Trinajstić information content (AvgIpc) is 2.45. The third kappa shape index (κ3) is 7.04. The van der Waals surface area contributed by atoms with Crippen LogP contribution in [0, 0.1) is 5.92 Å². The smallest absolute Gasteiger partial charge is 0.220 e. The van der Waals surface area contributed by atoms with Crippen molar-refractivity contribution in [3.8, 4) is 0 Å². The maximum atomic E-state index is 12.0. The molecule has 1 aromatic rings. The van der Waals surface area contributed by atoms with Gasteiger partial charge >= 0.3 is 0 Å². The first-order chi connectivity index (χ1) is 10.0. The number of hydrogen-bond donors (Lipinski definition) is 2. The molecule has 0 saturated heterocycles. The second-order valence-electron chi connectivity index (χ2n) is 5.65. The number of amides is 1. The molecule has 21 heavy (non-hydrogen) atoms. The maximum absolute atomic E-state index is 12.0. The molecule has 0 aliphatic rings. The number of aliphatic hydroxyl groups is 1. The zero-order valence-corrected chi connectivity index (χ0v) is 12.9. The van der Waals surface area contributed by atoms with Crippen LogP contribution in [0.5, 0.6) is 0 Å². The van der Waals surface area contributed by atoms with E-state index in [1.807, 2.05) is 24.3 Å². The number of rotatable bonds is 9. The van der Waals surface area contributed by atoms with Gasteiger partial charge in [0.15, 0.2) is 5.78 Å². The Labute approximate surface area is 126 Å². The van der Waals surface area contributed by atoms with E-state index in [2.05, 4.69) is 19.2 Å². The number of carbonyl (C=O) groups excluding carboxylic acids is 2. The van der Waals surface area contributed by atoms with Crippen LogP contribution in [0.4, 0.5) is 0 Å². The Bertz CT molecular complexity index is 452. The lowest BCUT2D eigenvalue weighted by Crippen LogP contribution is -2.25.